The number of benzene rings is 1. The van der Waals surface area contributed by atoms with Crippen molar-refractivity contribution in [3.63, 3.8) is 0 Å². The van der Waals surface area contributed by atoms with Crippen molar-refractivity contribution in [3.05, 3.63) is 29.8 Å². The number of amides is 2. The van der Waals surface area contributed by atoms with Gasteiger partial charge in [0.05, 0.1) is 6.54 Å². The molecule has 1 aromatic carbocycles. The van der Waals surface area contributed by atoms with Gasteiger partial charge in [-0.3, -0.25) is 0 Å². The van der Waals surface area contributed by atoms with Gasteiger partial charge in [0.2, 0.25) is 0 Å². The second kappa shape index (κ2) is 4.05. The van der Waals surface area contributed by atoms with E-state index in [1.807, 2.05) is 0 Å². The fraction of sp³-hybridized carbons (Fsp3) is 0.364. The molecular formula is C11H10ClF3N2O. The van der Waals surface area contributed by atoms with Crippen LogP contribution in [0.1, 0.15) is 5.56 Å². The number of nitrogens with one attached hydrogen (secondary N) is 1. The second-order valence-corrected chi connectivity index (χ2v) is 4.78. The van der Waals surface area contributed by atoms with Crippen molar-refractivity contribution in [1.82, 2.24) is 4.90 Å². The predicted molar refractivity (Wildman–Crippen MR) is 61.7 cm³/mol. The Kier molecular flexibility index (Phi) is 2.93. The molecule has 1 atom stereocenters. The number of alkyl halides is 4. The van der Waals surface area contributed by atoms with Crippen LogP contribution in [0, 0.1) is 0 Å². The van der Waals surface area contributed by atoms with Crippen LogP contribution in [0.3, 0.4) is 0 Å². The summed E-state index contributed by atoms with van der Waals surface area (Å²) < 4.78 is 39.6. The largest absolute Gasteiger partial charge is 0.413 e. The lowest BCUT2D eigenvalue weighted by Crippen LogP contribution is -2.46. The summed E-state index contributed by atoms with van der Waals surface area (Å²) in [6.45, 7) is -0.638. The van der Waals surface area contributed by atoms with E-state index < -0.39 is 23.6 Å². The van der Waals surface area contributed by atoms with E-state index >= 15 is 0 Å². The Bertz CT molecular complexity index is 491. The van der Waals surface area contributed by atoms with E-state index in [9.17, 15) is 18.0 Å². The topological polar surface area (TPSA) is 32.3 Å². The number of carbonyl (C=O) groups is 1. The van der Waals surface area contributed by atoms with Crippen molar-refractivity contribution < 1.29 is 18.0 Å². The number of nitrogens with zero attached hydrogens (tertiary/aromatic N) is 1. The van der Waals surface area contributed by atoms with Gasteiger partial charge < -0.3 is 10.2 Å². The van der Waals surface area contributed by atoms with Gasteiger partial charge in [-0.15, -0.1) is 11.6 Å². The fourth-order valence-corrected chi connectivity index (χ4v) is 2.22. The highest BCUT2D eigenvalue weighted by atomic mass is 35.5. The molecule has 0 saturated carbocycles. The van der Waals surface area contributed by atoms with Gasteiger partial charge in [-0.25, -0.2) is 4.79 Å². The van der Waals surface area contributed by atoms with Crippen LogP contribution in [0.4, 0.5) is 23.7 Å². The molecule has 0 aliphatic carbocycles. The summed E-state index contributed by atoms with van der Waals surface area (Å²) in [5.74, 6) is 0. The highest BCUT2D eigenvalue weighted by molar-refractivity contribution is 6.26. The van der Waals surface area contributed by atoms with E-state index in [0.717, 1.165) is 4.90 Å². The molecule has 0 bridgehead atoms. The summed E-state index contributed by atoms with van der Waals surface area (Å²) in [6.07, 6.45) is -4.66. The van der Waals surface area contributed by atoms with Crippen LogP contribution in [0.5, 0.6) is 0 Å². The maximum absolute atomic E-state index is 13.2. The number of likely N-dealkylation sites (N-methyl/N-ethyl adjacent to an activating group) is 1. The lowest BCUT2D eigenvalue weighted by atomic mass is 9.95. The third-order valence-electron chi connectivity index (χ3n) is 2.85. The van der Waals surface area contributed by atoms with E-state index in [1.54, 1.807) is 0 Å². The minimum absolute atomic E-state index is 0.0826. The standard InChI is InChI=1S/C11H10ClF3N2O/c1-17-6-10(12,11(13,14)15)7-4-2-3-5-8(7)16-9(17)18/h2-5H,6H2,1H3,(H,16,18). The van der Waals surface area contributed by atoms with Crippen LogP contribution >= 0.6 is 11.6 Å². The number of fused-ring (bicyclic) bond motifs is 1. The molecule has 1 unspecified atom stereocenters. The summed E-state index contributed by atoms with van der Waals surface area (Å²) in [5.41, 5.74) is -0.0592. The third kappa shape index (κ3) is 1.90. The Morgan fingerprint density at radius 1 is 1.39 bits per heavy atom. The Labute approximate surface area is 107 Å². The number of anilines is 1. The van der Waals surface area contributed by atoms with Crippen molar-refractivity contribution in [2.24, 2.45) is 0 Å². The average Bonchev–Trinajstić information content (AvgIpc) is 2.36. The summed E-state index contributed by atoms with van der Waals surface area (Å²) in [6, 6.07) is 5.05. The van der Waals surface area contributed by atoms with E-state index in [4.69, 9.17) is 11.6 Å². The smallest absolute Gasteiger partial charge is 0.325 e. The SMILES string of the molecule is CN1CC(Cl)(C(F)(F)F)c2ccccc2NC1=O. The van der Waals surface area contributed by atoms with Crippen LogP contribution in [0.25, 0.3) is 0 Å². The maximum Gasteiger partial charge on any atom is 0.413 e. The molecular weight excluding hydrogens is 269 g/mol. The Morgan fingerprint density at radius 3 is 2.61 bits per heavy atom. The van der Waals surface area contributed by atoms with Crippen LogP contribution in [-0.4, -0.2) is 30.7 Å². The van der Waals surface area contributed by atoms with Gasteiger partial charge in [0, 0.05) is 18.3 Å². The Hall–Kier alpha value is -1.43. The van der Waals surface area contributed by atoms with Crippen molar-refractivity contribution >= 4 is 23.3 Å². The van der Waals surface area contributed by atoms with Gasteiger partial charge in [-0.05, 0) is 6.07 Å². The van der Waals surface area contributed by atoms with Crippen molar-refractivity contribution in [3.8, 4) is 0 Å². The highest BCUT2D eigenvalue weighted by Gasteiger charge is 2.57. The van der Waals surface area contributed by atoms with E-state index in [2.05, 4.69) is 5.32 Å². The maximum atomic E-state index is 13.2. The lowest BCUT2D eigenvalue weighted by Gasteiger charge is -2.31. The molecule has 7 heteroatoms. The molecule has 3 nitrogen and oxygen atoms in total. The van der Waals surface area contributed by atoms with Crippen molar-refractivity contribution in [1.29, 1.82) is 0 Å². The van der Waals surface area contributed by atoms with Crippen LogP contribution < -0.4 is 5.32 Å². The molecule has 0 spiro atoms. The zero-order chi connectivity index (χ0) is 13.6. The fourth-order valence-electron chi connectivity index (χ4n) is 1.87. The molecule has 0 radical (unpaired) electrons. The molecule has 0 fully saturated rings. The molecule has 1 aliphatic rings. The van der Waals surface area contributed by atoms with Crippen LogP contribution in [-0.2, 0) is 4.87 Å². The highest BCUT2D eigenvalue weighted by Crippen LogP contribution is 2.48. The first-order valence-corrected chi connectivity index (χ1v) is 5.51. The first-order chi connectivity index (χ1) is 8.25. The average molecular weight is 279 g/mol. The second-order valence-electron chi connectivity index (χ2n) is 4.13. The van der Waals surface area contributed by atoms with Crippen LogP contribution in [0.2, 0.25) is 0 Å². The minimum atomic E-state index is -4.66. The van der Waals surface area contributed by atoms with Gasteiger partial charge in [0.15, 0.2) is 4.87 Å². The third-order valence-corrected chi connectivity index (χ3v) is 3.38. The molecule has 1 aliphatic heterocycles. The number of carbonyl (C=O) groups excluding carboxylic acids is 1. The first-order valence-electron chi connectivity index (χ1n) is 5.13. The molecule has 2 rings (SSSR count). The Balaban J connectivity index is 2.63. The molecule has 98 valence electrons. The minimum Gasteiger partial charge on any atom is -0.325 e. The van der Waals surface area contributed by atoms with Gasteiger partial charge in [-0.2, -0.15) is 13.2 Å². The zero-order valence-electron chi connectivity index (χ0n) is 9.38. The molecule has 1 aromatic rings. The quantitative estimate of drug-likeness (QED) is 0.727. The predicted octanol–water partition coefficient (Wildman–Crippen LogP) is 3.16. The van der Waals surface area contributed by atoms with Gasteiger partial charge in [0.25, 0.3) is 0 Å². The van der Waals surface area contributed by atoms with E-state index in [0.29, 0.717) is 0 Å². The number of urea groups is 1. The summed E-state index contributed by atoms with van der Waals surface area (Å²) in [5, 5.41) is 2.40. The van der Waals surface area contributed by atoms with Gasteiger partial charge >= 0.3 is 12.2 Å². The number of rotatable bonds is 0. The molecule has 0 aromatic heterocycles. The monoisotopic (exact) mass is 278 g/mol. The number of para-hydroxylation sites is 1. The number of hydrogen-bond acceptors (Lipinski definition) is 1. The normalized spacial score (nSPS) is 24.3. The number of halogens is 4. The van der Waals surface area contributed by atoms with Crippen molar-refractivity contribution in [2.75, 3.05) is 18.9 Å². The summed E-state index contributed by atoms with van der Waals surface area (Å²) in [4.78, 5) is 9.90. The molecule has 2 amide bonds. The number of hydrogen-bond donors (Lipinski definition) is 1. The Morgan fingerprint density at radius 2 is 2.00 bits per heavy atom. The summed E-state index contributed by atoms with van der Waals surface area (Å²) in [7, 11) is 1.27. The molecule has 1 heterocycles. The zero-order valence-corrected chi connectivity index (χ0v) is 10.1. The first kappa shape index (κ1) is 13.0. The van der Waals surface area contributed by atoms with Gasteiger partial charge in [0.1, 0.15) is 0 Å². The summed E-state index contributed by atoms with van der Waals surface area (Å²) >= 11 is 5.79. The molecule has 0 saturated heterocycles. The van der Waals surface area contributed by atoms with E-state index in [-0.39, 0.29) is 11.3 Å². The van der Waals surface area contributed by atoms with E-state index in [1.165, 1.54) is 31.3 Å². The van der Waals surface area contributed by atoms with Gasteiger partial charge in [-0.1, -0.05) is 18.2 Å². The van der Waals surface area contributed by atoms with Crippen LogP contribution in [0.15, 0.2) is 24.3 Å². The van der Waals surface area contributed by atoms with Crippen molar-refractivity contribution in [2.45, 2.75) is 11.1 Å². The lowest BCUT2D eigenvalue weighted by molar-refractivity contribution is -0.166. The molecule has 1 N–H and O–H groups in total. The molecule has 18 heavy (non-hydrogen) atoms.